The minimum atomic E-state index is 0. The molecular formula is C38H32N4OPtS. The fourth-order valence-corrected chi connectivity index (χ4v) is 6.50. The largest absolute Gasteiger partial charge is 2.00 e. The Morgan fingerprint density at radius 2 is 1.62 bits per heavy atom. The summed E-state index contributed by atoms with van der Waals surface area (Å²) in [6.45, 7) is 8.71. The summed E-state index contributed by atoms with van der Waals surface area (Å²) < 4.78 is 10.4. The van der Waals surface area contributed by atoms with Crippen molar-refractivity contribution in [1.29, 1.82) is 0 Å². The predicted octanol–water partition coefficient (Wildman–Crippen LogP) is 9.88. The SMILES string of the molecule is CSc1cc(C)c(-c2cnn(-c3[c-]c(Oc4[c-]c5c(cc4)c4ccccc4n5-c4cc(C(C)C)ccn4)ccc3)c2)c(C)c1.[Pt+2]. The molecule has 0 saturated heterocycles. The molecule has 0 fully saturated rings. The number of hydrogen-bond acceptors (Lipinski definition) is 4. The monoisotopic (exact) mass is 787 g/mol. The Bertz CT molecular complexity index is 2140. The van der Waals surface area contributed by atoms with E-state index < -0.39 is 0 Å². The molecular weight excluding hydrogens is 756 g/mol. The van der Waals surface area contributed by atoms with Gasteiger partial charge in [-0.3, -0.25) is 4.68 Å². The van der Waals surface area contributed by atoms with Crippen molar-refractivity contribution in [3.63, 3.8) is 0 Å². The molecule has 0 spiro atoms. The van der Waals surface area contributed by atoms with Gasteiger partial charge in [-0.25, -0.2) is 4.98 Å². The zero-order chi connectivity index (χ0) is 30.4. The third-order valence-corrected chi connectivity index (χ3v) is 8.76. The molecule has 0 radical (unpaired) electrons. The van der Waals surface area contributed by atoms with Crippen molar-refractivity contribution in [2.45, 2.75) is 38.5 Å². The summed E-state index contributed by atoms with van der Waals surface area (Å²) in [5.41, 5.74) is 8.82. The molecule has 0 aliphatic heterocycles. The maximum Gasteiger partial charge on any atom is 2.00 e. The molecule has 3 heterocycles. The van der Waals surface area contributed by atoms with E-state index in [0.717, 1.165) is 38.9 Å². The van der Waals surface area contributed by atoms with E-state index in [4.69, 9.17) is 9.72 Å². The first kappa shape index (κ1) is 30.9. The van der Waals surface area contributed by atoms with Crippen molar-refractivity contribution in [3.8, 4) is 34.1 Å². The summed E-state index contributed by atoms with van der Waals surface area (Å²) in [6, 6.07) is 34.0. The molecule has 0 N–H and O–H groups in total. The van der Waals surface area contributed by atoms with Crippen LogP contribution in [0.3, 0.4) is 0 Å². The van der Waals surface area contributed by atoms with Gasteiger partial charge < -0.3 is 9.30 Å². The van der Waals surface area contributed by atoms with Gasteiger partial charge in [0.15, 0.2) is 0 Å². The fraction of sp³-hybridized carbons (Fsp3) is 0.158. The van der Waals surface area contributed by atoms with Crippen LogP contribution in [-0.4, -0.2) is 25.6 Å². The molecule has 3 aromatic heterocycles. The van der Waals surface area contributed by atoms with E-state index in [1.54, 1.807) is 11.8 Å². The van der Waals surface area contributed by atoms with Gasteiger partial charge in [0.25, 0.3) is 0 Å². The van der Waals surface area contributed by atoms with E-state index in [-0.39, 0.29) is 21.1 Å². The molecule has 7 aromatic rings. The summed E-state index contributed by atoms with van der Waals surface area (Å²) in [5.74, 6) is 2.47. The maximum absolute atomic E-state index is 6.36. The van der Waals surface area contributed by atoms with Crippen LogP contribution in [0.15, 0.2) is 102 Å². The summed E-state index contributed by atoms with van der Waals surface area (Å²) in [7, 11) is 0. The second-order valence-corrected chi connectivity index (χ2v) is 12.2. The summed E-state index contributed by atoms with van der Waals surface area (Å²) in [5, 5.41) is 6.92. The Morgan fingerprint density at radius 1 is 0.844 bits per heavy atom. The number of fused-ring (bicyclic) bond motifs is 3. The van der Waals surface area contributed by atoms with Crippen molar-refractivity contribution in [1.82, 2.24) is 19.3 Å². The van der Waals surface area contributed by atoms with Crippen LogP contribution >= 0.6 is 11.8 Å². The van der Waals surface area contributed by atoms with E-state index in [1.165, 1.54) is 27.1 Å². The van der Waals surface area contributed by atoms with E-state index >= 15 is 0 Å². The molecule has 0 atom stereocenters. The van der Waals surface area contributed by atoms with Crippen molar-refractivity contribution in [2.24, 2.45) is 0 Å². The Labute approximate surface area is 282 Å². The normalized spacial score (nSPS) is 11.3. The van der Waals surface area contributed by atoms with Crippen LogP contribution in [0.4, 0.5) is 0 Å². The van der Waals surface area contributed by atoms with Crippen molar-refractivity contribution in [2.75, 3.05) is 6.26 Å². The number of ether oxygens (including phenoxy) is 1. The molecule has 0 amide bonds. The number of benzene rings is 4. The van der Waals surface area contributed by atoms with Crippen LogP contribution in [0.5, 0.6) is 11.5 Å². The van der Waals surface area contributed by atoms with E-state index in [2.05, 4.69) is 117 Å². The number of thioether (sulfide) groups is 1. The van der Waals surface area contributed by atoms with Crippen LogP contribution in [-0.2, 0) is 21.1 Å². The average molecular weight is 788 g/mol. The zero-order valence-corrected chi connectivity index (χ0v) is 28.8. The molecule has 4 aromatic carbocycles. The number of aryl methyl sites for hydroxylation is 2. The van der Waals surface area contributed by atoms with Gasteiger partial charge in [-0.05, 0) is 89.7 Å². The quantitative estimate of drug-likeness (QED) is 0.119. The molecule has 226 valence electrons. The van der Waals surface area contributed by atoms with Crippen molar-refractivity contribution in [3.05, 3.63) is 126 Å². The Hall–Kier alpha value is -4.12. The maximum atomic E-state index is 6.36. The first-order valence-electron chi connectivity index (χ1n) is 14.7. The molecule has 0 aliphatic carbocycles. The summed E-state index contributed by atoms with van der Waals surface area (Å²) in [4.78, 5) is 6.02. The second-order valence-electron chi connectivity index (χ2n) is 11.4. The van der Waals surface area contributed by atoms with Crippen LogP contribution in [0.2, 0.25) is 0 Å². The molecule has 0 unspecified atom stereocenters. The molecule has 45 heavy (non-hydrogen) atoms. The average Bonchev–Trinajstić information content (AvgIpc) is 3.64. The molecule has 7 rings (SSSR count). The minimum absolute atomic E-state index is 0. The van der Waals surface area contributed by atoms with Gasteiger partial charge in [-0.2, -0.15) is 17.2 Å². The third-order valence-electron chi connectivity index (χ3n) is 8.06. The first-order valence-corrected chi connectivity index (χ1v) is 15.9. The van der Waals surface area contributed by atoms with Crippen LogP contribution < -0.4 is 4.74 Å². The minimum Gasteiger partial charge on any atom is -0.509 e. The van der Waals surface area contributed by atoms with Gasteiger partial charge in [0.1, 0.15) is 5.82 Å². The van der Waals surface area contributed by atoms with Gasteiger partial charge in [0.2, 0.25) is 0 Å². The number of rotatable bonds is 7. The second kappa shape index (κ2) is 12.7. The smallest absolute Gasteiger partial charge is 0.509 e. The van der Waals surface area contributed by atoms with Gasteiger partial charge in [0, 0.05) is 39.9 Å². The first-order chi connectivity index (χ1) is 21.4. The van der Waals surface area contributed by atoms with E-state index in [0.29, 0.717) is 17.4 Å². The number of pyridine rings is 1. The van der Waals surface area contributed by atoms with Gasteiger partial charge >= 0.3 is 21.1 Å². The van der Waals surface area contributed by atoms with Crippen LogP contribution in [0, 0.1) is 26.0 Å². The number of hydrogen-bond donors (Lipinski definition) is 0. The molecule has 5 nitrogen and oxygen atoms in total. The third kappa shape index (κ3) is 5.85. The number of nitrogens with zero attached hydrogens (tertiary/aromatic N) is 4. The fourth-order valence-electron chi connectivity index (χ4n) is 5.92. The number of aromatic nitrogens is 4. The predicted molar refractivity (Wildman–Crippen MR) is 181 cm³/mol. The van der Waals surface area contributed by atoms with Gasteiger partial charge in [-0.1, -0.05) is 37.6 Å². The molecule has 0 saturated carbocycles. The van der Waals surface area contributed by atoms with Crippen LogP contribution in [0.1, 0.15) is 36.5 Å². The van der Waals surface area contributed by atoms with Gasteiger partial charge in [0.05, 0.1) is 6.20 Å². The van der Waals surface area contributed by atoms with Crippen molar-refractivity contribution < 1.29 is 25.8 Å². The Kier molecular flexibility index (Phi) is 8.72. The molecule has 0 bridgehead atoms. The van der Waals surface area contributed by atoms with E-state index in [1.807, 2.05) is 41.3 Å². The van der Waals surface area contributed by atoms with Crippen LogP contribution in [0.25, 0.3) is 44.4 Å². The van der Waals surface area contributed by atoms with Crippen molar-refractivity contribution >= 4 is 33.6 Å². The molecule has 0 aliphatic rings. The molecule has 7 heteroatoms. The topological polar surface area (TPSA) is 44.9 Å². The number of para-hydroxylation sites is 1. The standard InChI is InChI=1S/C38H32N4OS.Pt/c1-24(2)27-15-16-39-37(19-27)42-35-12-7-6-11-33(35)34-14-13-31(21-36(34)42)43-30-10-8-9-29(20-30)41-23-28(22-40-41)38-25(3)17-32(44-5)18-26(38)4;/h6-19,22-24H,1-5H3;/q-2;+2. The van der Waals surface area contributed by atoms with Gasteiger partial charge in [-0.15, -0.1) is 47.5 Å². The van der Waals surface area contributed by atoms with E-state index in [9.17, 15) is 0 Å². The Balaban J connectivity index is 0.00000357. The summed E-state index contributed by atoms with van der Waals surface area (Å²) in [6.07, 6.45) is 7.96. The summed E-state index contributed by atoms with van der Waals surface area (Å²) >= 11 is 1.76. The Morgan fingerprint density at radius 3 is 2.40 bits per heavy atom. The zero-order valence-electron chi connectivity index (χ0n) is 25.7.